The highest BCUT2D eigenvalue weighted by atomic mass is 79.9. The summed E-state index contributed by atoms with van der Waals surface area (Å²) < 4.78 is 30.0. The predicted molar refractivity (Wildman–Crippen MR) is 111 cm³/mol. The van der Waals surface area contributed by atoms with E-state index in [1.165, 1.54) is 4.31 Å². The number of hydrogen-bond acceptors (Lipinski definition) is 5. The summed E-state index contributed by atoms with van der Waals surface area (Å²) in [7, 11) is -3.53. The van der Waals surface area contributed by atoms with Gasteiger partial charge in [-0.3, -0.25) is 0 Å². The van der Waals surface area contributed by atoms with Crippen LogP contribution in [0.1, 0.15) is 5.82 Å². The van der Waals surface area contributed by atoms with Gasteiger partial charge in [0.25, 0.3) is 0 Å². The molecule has 3 heterocycles. The van der Waals surface area contributed by atoms with Crippen LogP contribution < -0.4 is 4.90 Å². The van der Waals surface area contributed by atoms with E-state index in [2.05, 4.69) is 30.8 Å². The minimum atomic E-state index is -3.53. The van der Waals surface area contributed by atoms with Gasteiger partial charge in [-0.25, -0.2) is 18.4 Å². The van der Waals surface area contributed by atoms with Crippen LogP contribution in [0.2, 0.25) is 0 Å². The molecule has 146 valence electrons. The normalized spacial score (nSPS) is 15.7. The summed E-state index contributed by atoms with van der Waals surface area (Å²) in [5, 5.41) is 0. The van der Waals surface area contributed by atoms with Crippen LogP contribution in [-0.4, -0.2) is 53.4 Å². The molecule has 0 saturated carbocycles. The van der Waals surface area contributed by atoms with Crippen molar-refractivity contribution in [3.63, 3.8) is 0 Å². The van der Waals surface area contributed by atoms with E-state index in [4.69, 9.17) is 0 Å². The summed E-state index contributed by atoms with van der Waals surface area (Å²) in [6, 6.07) is 12.7. The van der Waals surface area contributed by atoms with Gasteiger partial charge < -0.3 is 9.47 Å². The van der Waals surface area contributed by atoms with Crippen LogP contribution in [0.25, 0.3) is 5.82 Å². The molecule has 7 nitrogen and oxygen atoms in total. The fourth-order valence-corrected chi connectivity index (χ4v) is 5.65. The zero-order chi connectivity index (χ0) is 19.7. The molecular formula is C19H20BrN5O2S. The minimum Gasteiger partial charge on any atom is -0.354 e. The standard InChI is InChI=1S/C19H20BrN5O2S/c1-15-21-18(23-8-4-5-9-23)14-19(22-15)24-10-12-25(13-11-24)28(26,27)17-7-3-2-6-16(17)20/h2-9,14H,10-13H2,1H3. The first kappa shape index (κ1) is 19.1. The van der Waals surface area contributed by atoms with E-state index in [1.807, 2.05) is 42.1 Å². The monoisotopic (exact) mass is 461 g/mol. The van der Waals surface area contributed by atoms with Crippen LogP contribution >= 0.6 is 15.9 Å². The van der Waals surface area contributed by atoms with Crippen LogP contribution in [0.3, 0.4) is 0 Å². The van der Waals surface area contributed by atoms with E-state index >= 15 is 0 Å². The third-order valence-corrected chi connectivity index (χ3v) is 7.61. The van der Waals surface area contributed by atoms with Gasteiger partial charge in [0.2, 0.25) is 10.0 Å². The number of aromatic nitrogens is 3. The van der Waals surface area contributed by atoms with Crippen molar-refractivity contribution in [3.8, 4) is 5.82 Å². The lowest BCUT2D eigenvalue weighted by molar-refractivity contribution is 0.383. The lowest BCUT2D eigenvalue weighted by Crippen LogP contribution is -2.49. The first-order valence-corrected chi connectivity index (χ1v) is 11.2. The summed E-state index contributed by atoms with van der Waals surface area (Å²) >= 11 is 3.35. The molecule has 2 aromatic heterocycles. The van der Waals surface area contributed by atoms with E-state index in [9.17, 15) is 8.42 Å². The summed E-state index contributed by atoms with van der Waals surface area (Å²) in [5.74, 6) is 2.30. The zero-order valence-electron chi connectivity index (χ0n) is 15.4. The largest absolute Gasteiger partial charge is 0.354 e. The number of piperazine rings is 1. The van der Waals surface area contributed by atoms with Crippen molar-refractivity contribution in [2.45, 2.75) is 11.8 Å². The van der Waals surface area contributed by atoms with Crippen LogP contribution in [0, 0.1) is 6.92 Å². The third-order valence-electron chi connectivity index (χ3n) is 4.70. The van der Waals surface area contributed by atoms with Crippen molar-refractivity contribution in [3.05, 3.63) is 65.2 Å². The maximum absolute atomic E-state index is 13.0. The Morgan fingerprint density at radius 1 is 0.929 bits per heavy atom. The Morgan fingerprint density at radius 3 is 2.25 bits per heavy atom. The Balaban J connectivity index is 1.53. The molecule has 1 fully saturated rings. The second-order valence-electron chi connectivity index (χ2n) is 6.54. The third kappa shape index (κ3) is 3.69. The fourth-order valence-electron chi connectivity index (χ4n) is 3.27. The summed E-state index contributed by atoms with van der Waals surface area (Å²) in [5.41, 5.74) is 0. The lowest BCUT2D eigenvalue weighted by Gasteiger charge is -2.35. The Kier molecular flexibility index (Phi) is 5.22. The molecule has 1 aliphatic heterocycles. The predicted octanol–water partition coefficient (Wildman–Crippen LogP) is 2.85. The quantitative estimate of drug-likeness (QED) is 0.597. The summed E-state index contributed by atoms with van der Waals surface area (Å²) in [4.78, 5) is 11.4. The molecule has 0 N–H and O–H groups in total. The molecule has 4 rings (SSSR count). The second kappa shape index (κ2) is 7.65. The SMILES string of the molecule is Cc1nc(N2CCN(S(=O)(=O)c3ccccc3Br)CC2)cc(-n2cccc2)n1. The number of hydrogen-bond donors (Lipinski definition) is 0. The smallest absolute Gasteiger partial charge is 0.244 e. The van der Waals surface area contributed by atoms with Gasteiger partial charge in [0.05, 0.1) is 4.90 Å². The van der Waals surface area contributed by atoms with E-state index in [1.54, 1.807) is 24.3 Å². The van der Waals surface area contributed by atoms with Gasteiger partial charge in [-0.2, -0.15) is 4.31 Å². The molecule has 28 heavy (non-hydrogen) atoms. The van der Waals surface area contributed by atoms with E-state index in [0.717, 1.165) is 11.6 Å². The maximum atomic E-state index is 13.0. The highest BCUT2D eigenvalue weighted by Gasteiger charge is 2.30. The van der Waals surface area contributed by atoms with Crippen molar-refractivity contribution >= 4 is 31.8 Å². The van der Waals surface area contributed by atoms with Crippen LogP contribution in [-0.2, 0) is 10.0 Å². The number of anilines is 1. The van der Waals surface area contributed by atoms with Crippen molar-refractivity contribution in [2.24, 2.45) is 0 Å². The molecule has 0 atom stereocenters. The Hall–Kier alpha value is -2.23. The van der Waals surface area contributed by atoms with Crippen molar-refractivity contribution in [1.29, 1.82) is 0 Å². The van der Waals surface area contributed by atoms with Gasteiger partial charge in [0, 0.05) is 49.1 Å². The molecule has 0 unspecified atom stereocenters. The number of halogens is 1. The number of rotatable bonds is 4. The first-order valence-electron chi connectivity index (χ1n) is 8.94. The van der Waals surface area contributed by atoms with Gasteiger partial charge in [-0.05, 0) is 47.1 Å². The van der Waals surface area contributed by atoms with E-state index < -0.39 is 10.0 Å². The maximum Gasteiger partial charge on any atom is 0.244 e. The van der Waals surface area contributed by atoms with Gasteiger partial charge in [-0.1, -0.05) is 12.1 Å². The fraction of sp³-hybridized carbons (Fsp3) is 0.263. The van der Waals surface area contributed by atoms with E-state index in [0.29, 0.717) is 41.4 Å². The summed E-state index contributed by atoms with van der Waals surface area (Å²) in [6.45, 7) is 3.83. The molecule has 1 aliphatic rings. The zero-order valence-corrected chi connectivity index (χ0v) is 17.8. The molecule has 1 aromatic carbocycles. The topological polar surface area (TPSA) is 71.3 Å². The molecule has 0 bridgehead atoms. The van der Waals surface area contributed by atoms with Crippen LogP contribution in [0.5, 0.6) is 0 Å². The average Bonchev–Trinajstić information content (AvgIpc) is 3.23. The molecule has 0 aliphatic carbocycles. The Labute approximate surface area is 172 Å². The number of nitrogens with zero attached hydrogens (tertiary/aromatic N) is 5. The highest BCUT2D eigenvalue weighted by molar-refractivity contribution is 9.10. The van der Waals surface area contributed by atoms with E-state index in [-0.39, 0.29) is 0 Å². The van der Waals surface area contributed by atoms with Gasteiger partial charge in [-0.15, -0.1) is 0 Å². The molecule has 9 heteroatoms. The van der Waals surface area contributed by atoms with Crippen LogP contribution in [0.15, 0.2) is 64.2 Å². The average molecular weight is 462 g/mol. The number of sulfonamides is 1. The molecule has 0 radical (unpaired) electrons. The number of benzene rings is 1. The van der Waals surface area contributed by atoms with Crippen molar-refractivity contribution in [1.82, 2.24) is 18.8 Å². The number of aryl methyl sites for hydroxylation is 1. The summed E-state index contributed by atoms with van der Waals surface area (Å²) in [6.07, 6.45) is 3.88. The van der Waals surface area contributed by atoms with Crippen LogP contribution in [0.4, 0.5) is 5.82 Å². The van der Waals surface area contributed by atoms with Gasteiger partial charge >= 0.3 is 0 Å². The lowest BCUT2D eigenvalue weighted by atomic mass is 10.3. The minimum absolute atomic E-state index is 0.302. The Morgan fingerprint density at radius 2 is 1.57 bits per heavy atom. The molecular weight excluding hydrogens is 442 g/mol. The van der Waals surface area contributed by atoms with Crippen molar-refractivity contribution < 1.29 is 8.42 Å². The van der Waals surface area contributed by atoms with Crippen molar-refractivity contribution in [2.75, 3.05) is 31.1 Å². The van der Waals surface area contributed by atoms with Gasteiger partial charge in [0.15, 0.2) is 0 Å². The molecule has 0 amide bonds. The highest BCUT2D eigenvalue weighted by Crippen LogP contribution is 2.26. The molecule has 1 saturated heterocycles. The molecule has 0 spiro atoms. The first-order chi connectivity index (χ1) is 13.4. The molecule has 3 aromatic rings. The second-order valence-corrected chi connectivity index (χ2v) is 9.30. The Bertz CT molecular complexity index is 1080. The van der Waals surface area contributed by atoms with Gasteiger partial charge in [0.1, 0.15) is 17.5 Å².